The van der Waals surface area contributed by atoms with Gasteiger partial charge in [-0.15, -0.1) is 0 Å². The molecule has 1 atom stereocenters. The monoisotopic (exact) mass is 465 g/mol. The molecule has 176 valence electrons. The first-order valence-electron chi connectivity index (χ1n) is 10.6. The van der Waals surface area contributed by atoms with Crippen LogP contribution in [0.5, 0.6) is 11.5 Å². The highest BCUT2D eigenvalue weighted by Crippen LogP contribution is 2.32. The minimum absolute atomic E-state index is 0.0410. The Morgan fingerprint density at radius 3 is 2.71 bits per heavy atom. The molecule has 4 aromatic rings. The number of aromatic nitrogens is 2. The van der Waals surface area contributed by atoms with Gasteiger partial charge in [0.15, 0.2) is 0 Å². The van der Waals surface area contributed by atoms with Crippen LogP contribution in [0.15, 0.2) is 54.9 Å². The van der Waals surface area contributed by atoms with Crippen molar-refractivity contribution in [1.82, 2.24) is 14.9 Å². The average Bonchev–Trinajstić information content (AvgIpc) is 3.28. The number of carbonyl (C=O) groups is 2. The third-order valence-electron chi connectivity index (χ3n) is 5.50. The highest BCUT2D eigenvalue weighted by Gasteiger charge is 2.19. The van der Waals surface area contributed by atoms with Crippen molar-refractivity contribution in [3.05, 3.63) is 66.0 Å². The van der Waals surface area contributed by atoms with Crippen LogP contribution in [0.3, 0.4) is 0 Å². The van der Waals surface area contributed by atoms with Crippen LogP contribution in [-0.2, 0) is 4.74 Å². The Labute approximate surface area is 195 Å². The van der Waals surface area contributed by atoms with Crippen LogP contribution in [-0.4, -0.2) is 49.0 Å². The van der Waals surface area contributed by atoms with E-state index in [0.29, 0.717) is 28.1 Å². The Kier molecular flexibility index (Phi) is 6.62. The predicted molar refractivity (Wildman–Crippen MR) is 125 cm³/mol. The van der Waals surface area contributed by atoms with Crippen LogP contribution in [0, 0.1) is 0 Å². The zero-order valence-electron chi connectivity index (χ0n) is 19.0. The molecule has 1 unspecified atom stereocenters. The summed E-state index contributed by atoms with van der Waals surface area (Å²) in [5.41, 5.74) is 2.47. The third-order valence-corrected chi connectivity index (χ3v) is 5.50. The number of hydrogen-bond donors (Lipinski definition) is 1. The summed E-state index contributed by atoms with van der Waals surface area (Å²) in [6.45, 7) is 1.23. The molecular formula is C25H24FN3O5. The fraction of sp³-hybridized carbons (Fsp3) is 0.240. The van der Waals surface area contributed by atoms with Gasteiger partial charge in [0.2, 0.25) is 0 Å². The van der Waals surface area contributed by atoms with Gasteiger partial charge in [-0.2, -0.15) is 0 Å². The molecule has 1 amide bonds. The SMILES string of the molecule is COC(=O)c1cc2c(C(C)Oc3ccc4c(ccn4C(=O)NCCF)c3)ccnc2cc1OC. The van der Waals surface area contributed by atoms with Gasteiger partial charge in [-0.1, -0.05) is 0 Å². The molecule has 0 radical (unpaired) electrons. The molecule has 0 saturated heterocycles. The third kappa shape index (κ3) is 4.36. The number of methoxy groups -OCH3 is 2. The van der Waals surface area contributed by atoms with Gasteiger partial charge in [0.05, 0.1) is 25.3 Å². The second-order valence-electron chi connectivity index (χ2n) is 7.55. The van der Waals surface area contributed by atoms with E-state index in [0.717, 1.165) is 16.3 Å². The zero-order valence-corrected chi connectivity index (χ0v) is 19.0. The normalized spacial score (nSPS) is 11.9. The Bertz CT molecular complexity index is 1370. The lowest BCUT2D eigenvalue weighted by Crippen LogP contribution is -2.29. The molecule has 34 heavy (non-hydrogen) atoms. The first kappa shape index (κ1) is 23.0. The Morgan fingerprint density at radius 1 is 1.15 bits per heavy atom. The van der Waals surface area contributed by atoms with Gasteiger partial charge in [-0.3, -0.25) is 9.55 Å². The number of pyridine rings is 1. The Balaban J connectivity index is 1.64. The number of fused-ring (bicyclic) bond motifs is 2. The number of esters is 1. The molecule has 8 nitrogen and oxygen atoms in total. The standard InChI is InChI=1S/C25H24FN3O5/c1-15(18-6-9-27-21-14-23(32-2)20(13-19(18)21)24(30)33-3)34-17-4-5-22-16(12-17)7-11-29(22)25(31)28-10-8-26/h4-7,9,11-15H,8,10H2,1-3H3,(H,28,31). The molecule has 0 aliphatic rings. The highest BCUT2D eigenvalue weighted by molar-refractivity contribution is 5.98. The van der Waals surface area contributed by atoms with Crippen molar-refractivity contribution in [3.8, 4) is 11.5 Å². The molecule has 9 heteroatoms. The van der Waals surface area contributed by atoms with Crippen LogP contribution in [0.2, 0.25) is 0 Å². The van der Waals surface area contributed by atoms with Crippen molar-refractivity contribution in [1.29, 1.82) is 0 Å². The largest absolute Gasteiger partial charge is 0.496 e. The molecular weight excluding hydrogens is 441 g/mol. The zero-order chi connectivity index (χ0) is 24.2. The van der Waals surface area contributed by atoms with Crippen LogP contribution in [0.4, 0.5) is 9.18 Å². The lowest BCUT2D eigenvalue weighted by atomic mass is 10.0. The van der Waals surface area contributed by atoms with Crippen molar-refractivity contribution < 1.29 is 28.2 Å². The number of ether oxygens (including phenoxy) is 3. The summed E-state index contributed by atoms with van der Waals surface area (Å²) < 4.78 is 30.2. The molecule has 0 bridgehead atoms. The van der Waals surface area contributed by atoms with Gasteiger partial charge in [0.1, 0.15) is 29.8 Å². The highest BCUT2D eigenvalue weighted by atomic mass is 19.1. The first-order valence-corrected chi connectivity index (χ1v) is 10.6. The lowest BCUT2D eigenvalue weighted by molar-refractivity contribution is 0.0597. The van der Waals surface area contributed by atoms with Crippen LogP contribution in [0.25, 0.3) is 21.8 Å². The minimum Gasteiger partial charge on any atom is -0.496 e. The van der Waals surface area contributed by atoms with Crippen LogP contribution >= 0.6 is 0 Å². The minimum atomic E-state index is -0.627. The van der Waals surface area contributed by atoms with E-state index in [1.807, 2.05) is 19.1 Å². The van der Waals surface area contributed by atoms with Gasteiger partial charge >= 0.3 is 12.0 Å². The van der Waals surface area contributed by atoms with Crippen molar-refractivity contribution >= 4 is 33.8 Å². The molecule has 0 fully saturated rings. The summed E-state index contributed by atoms with van der Waals surface area (Å²) in [7, 11) is 2.80. The number of rotatable bonds is 7. The number of nitrogens with one attached hydrogen (secondary N) is 1. The first-order chi connectivity index (χ1) is 16.5. The second kappa shape index (κ2) is 9.78. The van der Waals surface area contributed by atoms with E-state index in [-0.39, 0.29) is 12.6 Å². The summed E-state index contributed by atoms with van der Waals surface area (Å²) in [6, 6.07) is 12.0. The number of nitrogens with zero attached hydrogens (tertiary/aromatic N) is 2. The van der Waals surface area contributed by atoms with Gasteiger partial charge in [0.25, 0.3) is 0 Å². The summed E-state index contributed by atoms with van der Waals surface area (Å²) in [5.74, 6) is 0.476. The molecule has 2 heterocycles. The Hall–Kier alpha value is -4.14. The van der Waals surface area contributed by atoms with Gasteiger partial charge < -0.3 is 19.5 Å². The van der Waals surface area contributed by atoms with E-state index in [1.54, 1.807) is 42.7 Å². The van der Waals surface area contributed by atoms with E-state index >= 15 is 0 Å². The predicted octanol–water partition coefficient (Wildman–Crippen LogP) is 4.65. The topological polar surface area (TPSA) is 91.7 Å². The maximum absolute atomic E-state index is 12.4. The van der Waals surface area contributed by atoms with E-state index in [1.165, 1.54) is 18.8 Å². The van der Waals surface area contributed by atoms with Crippen molar-refractivity contribution in [2.75, 3.05) is 27.4 Å². The van der Waals surface area contributed by atoms with E-state index in [4.69, 9.17) is 14.2 Å². The maximum Gasteiger partial charge on any atom is 0.341 e. The molecule has 0 spiro atoms. The Morgan fingerprint density at radius 2 is 1.97 bits per heavy atom. The maximum atomic E-state index is 12.4. The van der Waals surface area contributed by atoms with Crippen molar-refractivity contribution in [2.24, 2.45) is 0 Å². The molecule has 4 rings (SSSR count). The molecule has 0 aliphatic carbocycles. The van der Waals surface area contributed by atoms with Gasteiger partial charge in [-0.05, 0) is 43.3 Å². The molecule has 1 N–H and O–H groups in total. The van der Waals surface area contributed by atoms with E-state index in [9.17, 15) is 14.0 Å². The summed E-state index contributed by atoms with van der Waals surface area (Å²) in [5, 5.41) is 4.05. The van der Waals surface area contributed by atoms with Gasteiger partial charge in [0, 0.05) is 41.3 Å². The number of benzene rings is 2. The quantitative estimate of drug-likeness (QED) is 0.400. The van der Waals surface area contributed by atoms with Crippen LogP contribution < -0.4 is 14.8 Å². The number of carbonyl (C=O) groups excluding carboxylic acids is 2. The molecule has 2 aromatic carbocycles. The molecule has 0 aliphatic heterocycles. The number of halogens is 1. The van der Waals surface area contributed by atoms with Crippen molar-refractivity contribution in [3.63, 3.8) is 0 Å². The summed E-state index contributed by atoms with van der Waals surface area (Å²) in [6.07, 6.45) is 2.93. The summed E-state index contributed by atoms with van der Waals surface area (Å²) >= 11 is 0. The molecule has 0 saturated carbocycles. The smallest absolute Gasteiger partial charge is 0.341 e. The second-order valence-corrected chi connectivity index (χ2v) is 7.55. The summed E-state index contributed by atoms with van der Waals surface area (Å²) in [4.78, 5) is 28.8. The van der Waals surface area contributed by atoms with Crippen molar-refractivity contribution in [2.45, 2.75) is 13.0 Å². The number of amides is 1. The molecule has 2 aromatic heterocycles. The lowest BCUT2D eigenvalue weighted by Gasteiger charge is -2.18. The number of hydrogen-bond acceptors (Lipinski definition) is 6. The average molecular weight is 465 g/mol. The van der Waals surface area contributed by atoms with Gasteiger partial charge in [-0.25, -0.2) is 14.0 Å². The van der Waals surface area contributed by atoms with E-state index in [2.05, 4.69) is 10.3 Å². The fourth-order valence-electron chi connectivity index (χ4n) is 3.87. The number of alkyl halides is 1. The van der Waals surface area contributed by atoms with E-state index < -0.39 is 18.7 Å². The van der Waals surface area contributed by atoms with Crippen LogP contribution in [0.1, 0.15) is 28.9 Å². The fourth-order valence-corrected chi connectivity index (χ4v) is 3.87.